The van der Waals surface area contributed by atoms with Gasteiger partial charge in [0, 0.05) is 13.1 Å². The fourth-order valence-corrected chi connectivity index (χ4v) is 2.37. The van der Waals surface area contributed by atoms with Gasteiger partial charge in [-0.15, -0.1) is 0 Å². The van der Waals surface area contributed by atoms with Gasteiger partial charge >= 0.3 is 0 Å². The normalized spacial score (nSPS) is 20.5. The highest BCUT2D eigenvalue weighted by molar-refractivity contribution is 5.99. The first-order chi connectivity index (χ1) is 8.59. The van der Waals surface area contributed by atoms with Gasteiger partial charge in [-0.25, -0.2) is 0 Å². The van der Waals surface area contributed by atoms with Gasteiger partial charge in [0.05, 0.1) is 0 Å². The van der Waals surface area contributed by atoms with Gasteiger partial charge < -0.3 is 15.1 Å². The number of amides is 1. The molecule has 0 bridgehead atoms. The highest BCUT2D eigenvalue weighted by Gasteiger charge is 2.24. The van der Waals surface area contributed by atoms with E-state index < -0.39 is 0 Å². The molecule has 0 radical (unpaired) electrons. The van der Waals surface area contributed by atoms with Crippen LogP contribution < -0.4 is 0 Å². The smallest absolute Gasteiger partial charge is 0.261 e. The Balaban J connectivity index is 2.20. The van der Waals surface area contributed by atoms with Crippen molar-refractivity contribution < 1.29 is 15.0 Å². The van der Waals surface area contributed by atoms with Gasteiger partial charge in [-0.05, 0) is 37.3 Å². The van der Waals surface area contributed by atoms with Crippen molar-refractivity contribution in [1.29, 1.82) is 0 Å². The number of carbonyl (C=O) groups excluding carboxylic acids is 1. The van der Waals surface area contributed by atoms with Crippen molar-refractivity contribution in [2.75, 3.05) is 13.1 Å². The lowest BCUT2D eigenvalue weighted by Crippen LogP contribution is -2.32. The maximum atomic E-state index is 12.3. The molecule has 1 amide bonds. The Morgan fingerprint density at radius 1 is 1.22 bits per heavy atom. The van der Waals surface area contributed by atoms with Gasteiger partial charge in [-0.2, -0.15) is 0 Å². The Bertz CT molecular complexity index is 424. The Kier molecular flexibility index (Phi) is 3.75. The van der Waals surface area contributed by atoms with Crippen molar-refractivity contribution in [1.82, 2.24) is 4.90 Å². The van der Waals surface area contributed by atoms with Crippen molar-refractivity contribution >= 4 is 5.91 Å². The van der Waals surface area contributed by atoms with Crippen LogP contribution in [0.15, 0.2) is 18.2 Å². The molecule has 0 aliphatic carbocycles. The number of phenolic OH excluding ortho intramolecular Hbond substituents is 2. The van der Waals surface area contributed by atoms with Crippen LogP contribution in [0, 0.1) is 5.92 Å². The molecule has 0 aromatic heterocycles. The summed E-state index contributed by atoms with van der Waals surface area (Å²) in [6.07, 6.45) is 3.07. The van der Waals surface area contributed by atoms with Gasteiger partial charge in [0.15, 0.2) is 0 Å². The summed E-state index contributed by atoms with van der Waals surface area (Å²) >= 11 is 0. The van der Waals surface area contributed by atoms with Crippen LogP contribution in [0.3, 0.4) is 0 Å². The minimum absolute atomic E-state index is 0.0204. The lowest BCUT2D eigenvalue weighted by atomic mass is 10.0. The summed E-state index contributed by atoms with van der Waals surface area (Å²) in [6.45, 7) is 3.57. The second-order valence-corrected chi connectivity index (χ2v) is 5.00. The van der Waals surface area contributed by atoms with E-state index in [2.05, 4.69) is 6.92 Å². The van der Waals surface area contributed by atoms with Gasteiger partial charge in [-0.1, -0.05) is 13.0 Å². The average Bonchev–Trinajstić information content (AvgIpc) is 2.53. The van der Waals surface area contributed by atoms with Crippen LogP contribution in [0.4, 0.5) is 0 Å². The fourth-order valence-electron chi connectivity index (χ4n) is 2.37. The number of hydrogen-bond donors (Lipinski definition) is 2. The number of aromatic hydroxyl groups is 2. The third kappa shape index (κ3) is 2.58. The van der Waals surface area contributed by atoms with Crippen molar-refractivity contribution in [2.24, 2.45) is 5.92 Å². The molecule has 2 N–H and O–H groups in total. The second kappa shape index (κ2) is 5.29. The molecule has 1 heterocycles. The third-order valence-corrected chi connectivity index (χ3v) is 3.54. The third-order valence-electron chi connectivity index (χ3n) is 3.54. The summed E-state index contributed by atoms with van der Waals surface area (Å²) in [4.78, 5) is 14.0. The van der Waals surface area contributed by atoms with Crippen LogP contribution in [-0.2, 0) is 0 Å². The van der Waals surface area contributed by atoms with Gasteiger partial charge in [-0.3, -0.25) is 4.79 Å². The molecule has 0 saturated carbocycles. The van der Waals surface area contributed by atoms with Crippen LogP contribution in [0.25, 0.3) is 0 Å². The minimum Gasteiger partial charge on any atom is -0.507 e. The Hall–Kier alpha value is -1.71. The van der Waals surface area contributed by atoms with E-state index in [-0.39, 0.29) is 23.0 Å². The minimum atomic E-state index is -0.278. The number of rotatable bonds is 1. The lowest BCUT2D eigenvalue weighted by Gasteiger charge is -2.21. The number of carbonyl (C=O) groups is 1. The number of phenols is 2. The number of likely N-dealkylation sites (tertiary alicyclic amines) is 1. The first-order valence-electron chi connectivity index (χ1n) is 6.40. The fraction of sp³-hybridized carbons (Fsp3) is 0.500. The second-order valence-electron chi connectivity index (χ2n) is 5.00. The summed E-state index contributed by atoms with van der Waals surface area (Å²) in [6, 6.07) is 4.37. The SMILES string of the molecule is CC1CCCN(C(=O)c2c(O)cccc2O)CC1. The molecule has 4 nitrogen and oxygen atoms in total. The van der Waals surface area contributed by atoms with E-state index in [9.17, 15) is 15.0 Å². The van der Waals surface area contributed by atoms with Gasteiger partial charge in [0.1, 0.15) is 17.1 Å². The zero-order chi connectivity index (χ0) is 13.1. The molecule has 2 rings (SSSR count). The van der Waals surface area contributed by atoms with Crippen molar-refractivity contribution in [3.05, 3.63) is 23.8 Å². The molecule has 0 spiro atoms. The molecule has 18 heavy (non-hydrogen) atoms. The van der Waals surface area contributed by atoms with Crippen molar-refractivity contribution in [3.63, 3.8) is 0 Å². The van der Waals surface area contributed by atoms with Crippen LogP contribution in [-0.4, -0.2) is 34.1 Å². The molecular formula is C14H19NO3. The summed E-state index contributed by atoms with van der Waals surface area (Å²) < 4.78 is 0. The lowest BCUT2D eigenvalue weighted by molar-refractivity contribution is 0.0754. The number of benzene rings is 1. The molecule has 1 aliphatic heterocycles. The van der Waals surface area contributed by atoms with E-state index in [0.29, 0.717) is 19.0 Å². The summed E-state index contributed by atoms with van der Waals surface area (Å²) in [5, 5.41) is 19.4. The summed E-state index contributed by atoms with van der Waals surface area (Å²) in [7, 11) is 0. The average molecular weight is 249 g/mol. The molecule has 1 aromatic carbocycles. The monoisotopic (exact) mass is 249 g/mol. The zero-order valence-electron chi connectivity index (χ0n) is 10.6. The quantitative estimate of drug-likeness (QED) is 0.803. The summed E-state index contributed by atoms with van der Waals surface area (Å²) in [5.41, 5.74) is 0.0204. The molecule has 1 aliphatic rings. The topological polar surface area (TPSA) is 60.8 Å². The highest BCUT2D eigenvalue weighted by atomic mass is 16.3. The van der Waals surface area contributed by atoms with E-state index in [1.165, 1.54) is 18.2 Å². The molecular weight excluding hydrogens is 230 g/mol. The van der Waals surface area contributed by atoms with Crippen molar-refractivity contribution in [3.8, 4) is 11.5 Å². The Morgan fingerprint density at radius 3 is 2.56 bits per heavy atom. The zero-order valence-corrected chi connectivity index (χ0v) is 10.6. The maximum Gasteiger partial charge on any atom is 0.261 e. The standard InChI is InChI=1S/C14H19NO3/c1-10-4-3-8-15(9-7-10)14(18)13-11(16)5-2-6-12(13)17/h2,5-6,10,16-17H,3-4,7-9H2,1H3. The first-order valence-corrected chi connectivity index (χ1v) is 6.40. The Morgan fingerprint density at radius 2 is 1.89 bits per heavy atom. The predicted molar refractivity (Wildman–Crippen MR) is 68.7 cm³/mol. The molecule has 98 valence electrons. The van der Waals surface area contributed by atoms with E-state index in [4.69, 9.17) is 0 Å². The molecule has 4 heteroatoms. The van der Waals surface area contributed by atoms with Gasteiger partial charge in [0.25, 0.3) is 5.91 Å². The number of nitrogens with zero attached hydrogens (tertiary/aromatic N) is 1. The molecule has 1 unspecified atom stereocenters. The largest absolute Gasteiger partial charge is 0.507 e. The van der Waals surface area contributed by atoms with E-state index in [0.717, 1.165) is 19.3 Å². The molecule has 1 aromatic rings. The maximum absolute atomic E-state index is 12.3. The van der Waals surface area contributed by atoms with Gasteiger partial charge in [0.2, 0.25) is 0 Å². The van der Waals surface area contributed by atoms with Crippen molar-refractivity contribution in [2.45, 2.75) is 26.2 Å². The molecule has 1 atom stereocenters. The van der Waals surface area contributed by atoms with Crippen LogP contribution in [0.1, 0.15) is 36.5 Å². The van der Waals surface area contributed by atoms with Crippen LogP contribution >= 0.6 is 0 Å². The molecule has 1 saturated heterocycles. The van der Waals surface area contributed by atoms with E-state index >= 15 is 0 Å². The Labute approximate surface area is 107 Å². The molecule has 1 fully saturated rings. The van der Waals surface area contributed by atoms with E-state index in [1.54, 1.807) is 4.90 Å². The highest BCUT2D eigenvalue weighted by Crippen LogP contribution is 2.28. The van der Waals surface area contributed by atoms with Crippen LogP contribution in [0.2, 0.25) is 0 Å². The van der Waals surface area contributed by atoms with Crippen LogP contribution in [0.5, 0.6) is 11.5 Å². The van der Waals surface area contributed by atoms with E-state index in [1.807, 2.05) is 0 Å². The first kappa shape index (κ1) is 12.7. The number of hydrogen-bond acceptors (Lipinski definition) is 3. The predicted octanol–water partition coefficient (Wildman–Crippen LogP) is 2.36. The summed E-state index contributed by atoms with van der Waals surface area (Å²) in [5.74, 6) is 0.0371.